The number of thioether (sulfide) groups is 1. The lowest BCUT2D eigenvalue weighted by molar-refractivity contribution is -0.121. The minimum atomic E-state index is -3.99. The number of hydrogen-bond donors (Lipinski definition) is 0. The van der Waals surface area contributed by atoms with Gasteiger partial charge in [0.05, 0.1) is 23.5 Å². The van der Waals surface area contributed by atoms with Crippen LogP contribution in [0.5, 0.6) is 11.5 Å². The van der Waals surface area contributed by atoms with Crippen LogP contribution in [0.3, 0.4) is 0 Å². The van der Waals surface area contributed by atoms with Crippen LogP contribution in [-0.2, 0) is 21.2 Å². The maximum atomic E-state index is 13.1. The highest BCUT2D eigenvalue weighted by Gasteiger charge is 2.34. The predicted octanol–water partition coefficient (Wildman–Crippen LogP) is 5.67. The van der Waals surface area contributed by atoms with E-state index in [2.05, 4.69) is 17.9 Å². The molecule has 9 heteroatoms. The largest absolute Gasteiger partial charge is 0.493 e. The number of carbonyl (C=O) groups is 1. The Balaban J connectivity index is 1.88. The first-order chi connectivity index (χ1) is 17.3. The monoisotopic (exact) mass is 528 g/mol. The van der Waals surface area contributed by atoms with Crippen LogP contribution in [0.4, 0.5) is 0 Å². The molecule has 1 amide bonds. The summed E-state index contributed by atoms with van der Waals surface area (Å²) in [6, 6.07) is 12.0. The number of hydrogen-bond acceptors (Lipinski definition) is 6. The molecular formula is C27H32N2O5S2. The van der Waals surface area contributed by atoms with Gasteiger partial charge in [0.1, 0.15) is 0 Å². The summed E-state index contributed by atoms with van der Waals surface area (Å²) >= 11 is 1.02. The van der Waals surface area contributed by atoms with Gasteiger partial charge in [0.2, 0.25) is 0 Å². The van der Waals surface area contributed by atoms with E-state index in [1.54, 1.807) is 31.4 Å². The van der Waals surface area contributed by atoms with Crippen LogP contribution in [0.25, 0.3) is 6.08 Å². The maximum absolute atomic E-state index is 13.1. The number of sulfonamides is 1. The summed E-state index contributed by atoms with van der Waals surface area (Å²) in [5, 5.41) is 0.0913. The van der Waals surface area contributed by atoms with Crippen LogP contribution >= 0.6 is 11.8 Å². The lowest BCUT2D eigenvalue weighted by Gasteiger charge is -2.12. The van der Waals surface area contributed by atoms with Crippen LogP contribution < -0.4 is 9.47 Å². The van der Waals surface area contributed by atoms with Crippen molar-refractivity contribution in [3.8, 4) is 11.5 Å². The first kappa shape index (κ1) is 27.5. The number of nitrogens with zero attached hydrogens (tertiary/aromatic N) is 2. The van der Waals surface area contributed by atoms with Crippen LogP contribution in [0.2, 0.25) is 0 Å². The number of amidine groups is 1. The third-order valence-corrected chi connectivity index (χ3v) is 7.92. The van der Waals surface area contributed by atoms with Crippen molar-refractivity contribution in [3.05, 3.63) is 71.2 Å². The molecule has 0 atom stereocenters. The van der Waals surface area contributed by atoms with Crippen LogP contribution in [-0.4, -0.2) is 44.7 Å². The minimum Gasteiger partial charge on any atom is -0.493 e. The van der Waals surface area contributed by atoms with Crippen molar-refractivity contribution >= 4 is 38.9 Å². The second-order valence-electron chi connectivity index (χ2n) is 8.13. The van der Waals surface area contributed by atoms with Crippen molar-refractivity contribution in [3.63, 3.8) is 0 Å². The molecule has 0 unspecified atom stereocenters. The van der Waals surface area contributed by atoms with Crippen molar-refractivity contribution in [2.75, 3.05) is 20.3 Å². The fraction of sp³-hybridized carbons (Fsp3) is 0.333. The summed E-state index contributed by atoms with van der Waals surface area (Å²) in [5.74, 6) is 0.858. The summed E-state index contributed by atoms with van der Waals surface area (Å²) in [6.07, 6.45) is 7.20. The van der Waals surface area contributed by atoms with Gasteiger partial charge in [-0.15, -0.1) is 11.0 Å². The molecular weight excluding hydrogens is 496 g/mol. The number of aryl methyl sites for hydroxylation is 1. The SMILES string of the molecule is C=CCN1C(=O)/C(=C/c2ccc(OCCCCC)c(OC)c2)SC1=NS(=O)(=O)c1ccc(CC)cc1. The number of ether oxygens (including phenoxy) is 2. The minimum absolute atomic E-state index is 0.0792. The van der Waals surface area contributed by atoms with Gasteiger partial charge in [-0.2, -0.15) is 8.42 Å². The van der Waals surface area contributed by atoms with Gasteiger partial charge < -0.3 is 9.47 Å². The molecule has 0 bridgehead atoms. The summed E-state index contributed by atoms with van der Waals surface area (Å²) in [4.78, 5) is 14.8. The molecule has 1 aliphatic heterocycles. The first-order valence-electron chi connectivity index (χ1n) is 11.9. The highest BCUT2D eigenvalue weighted by atomic mass is 32.2. The number of benzene rings is 2. The summed E-state index contributed by atoms with van der Waals surface area (Å²) in [6.45, 7) is 8.56. The molecule has 2 aromatic rings. The van der Waals surface area contributed by atoms with Crippen molar-refractivity contribution in [2.45, 2.75) is 44.4 Å². The molecule has 0 N–H and O–H groups in total. The average molecular weight is 529 g/mol. The van der Waals surface area contributed by atoms with Crippen molar-refractivity contribution in [1.82, 2.24) is 4.90 Å². The van der Waals surface area contributed by atoms with E-state index in [9.17, 15) is 13.2 Å². The normalized spacial score (nSPS) is 16.1. The Morgan fingerprint density at radius 3 is 2.47 bits per heavy atom. The van der Waals surface area contributed by atoms with Crippen LogP contribution in [0, 0.1) is 0 Å². The number of methoxy groups -OCH3 is 1. The topological polar surface area (TPSA) is 85.3 Å². The predicted molar refractivity (Wildman–Crippen MR) is 146 cm³/mol. The zero-order valence-electron chi connectivity index (χ0n) is 20.9. The standard InChI is InChI=1S/C27H32N2O5S2/c1-5-8-9-17-34-23-15-12-21(18-24(23)33-4)19-25-26(30)29(16-6-2)27(35-25)28-36(31,32)22-13-10-20(7-3)11-14-22/h6,10-15,18-19H,2,5,7-9,16-17H2,1,3-4H3/b25-19-,28-27?. The Kier molecular flexibility index (Phi) is 9.78. The highest BCUT2D eigenvalue weighted by Crippen LogP contribution is 2.35. The summed E-state index contributed by atoms with van der Waals surface area (Å²) in [7, 11) is -2.43. The molecule has 192 valence electrons. The molecule has 36 heavy (non-hydrogen) atoms. The second kappa shape index (κ2) is 12.8. The van der Waals surface area contributed by atoms with Gasteiger partial charge in [0.25, 0.3) is 15.9 Å². The Hall–Kier alpha value is -3.04. The fourth-order valence-electron chi connectivity index (χ4n) is 3.50. The van der Waals surface area contributed by atoms with E-state index in [-0.39, 0.29) is 22.5 Å². The summed E-state index contributed by atoms with van der Waals surface area (Å²) in [5.41, 5.74) is 1.75. The fourth-order valence-corrected chi connectivity index (χ4v) is 5.69. The molecule has 2 aromatic carbocycles. The van der Waals surface area contributed by atoms with E-state index in [1.165, 1.54) is 23.1 Å². The zero-order valence-corrected chi connectivity index (χ0v) is 22.5. The molecule has 0 aliphatic carbocycles. The Morgan fingerprint density at radius 1 is 1.08 bits per heavy atom. The lowest BCUT2D eigenvalue weighted by atomic mass is 10.2. The molecule has 1 aliphatic rings. The van der Waals surface area contributed by atoms with Gasteiger partial charge in [0, 0.05) is 6.54 Å². The van der Waals surface area contributed by atoms with E-state index in [0.29, 0.717) is 23.0 Å². The number of rotatable bonds is 12. The first-order valence-corrected chi connectivity index (χ1v) is 14.2. The third kappa shape index (κ3) is 6.79. The zero-order chi connectivity index (χ0) is 26.1. The average Bonchev–Trinajstić information content (AvgIpc) is 3.15. The van der Waals surface area contributed by atoms with E-state index < -0.39 is 10.0 Å². The molecule has 0 saturated carbocycles. The Labute approximate surface area is 218 Å². The highest BCUT2D eigenvalue weighted by molar-refractivity contribution is 8.19. The Bertz CT molecular complexity index is 1250. The smallest absolute Gasteiger partial charge is 0.284 e. The third-order valence-electron chi connectivity index (χ3n) is 5.52. The second-order valence-corrected chi connectivity index (χ2v) is 10.7. The van der Waals surface area contributed by atoms with Gasteiger partial charge in [-0.05, 0) is 66.1 Å². The van der Waals surface area contributed by atoms with Crippen LogP contribution in [0.15, 0.2) is 69.3 Å². The van der Waals surface area contributed by atoms with Gasteiger partial charge >= 0.3 is 0 Å². The summed E-state index contributed by atoms with van der Waals surface area (Å²) < 4.78 is 41.2. The molecule has 0 aromatic heterocycles. The van der Waals surface area contributed by atoms with E-state index in [4.69, 9.17) is 9.47 Å². The quantitative estimate of drug-likeness (QED) is 0.200. The number of amides is 1. The van der Waals surface area contributed by atoms with Gasteiger partial charge in [-0.1, -0.05) is 51.0 Å². The molecule has 1 fully saturated rings. The van der Waals surface area contributed by atoms with E-state index in [1.807, 2.05) is 19.1 Å². The molecule has 0 spiro atoms. The molecule has 1 saturated heterocycles. The van der Waals surface area contributed by atoms with E-state index in [0.717, 1.165) is 48.6 Å². The van der Waals surface area contributed by atoms with Gasteiger partial charge in [0.15, 0.2) is 16.7 Å². The number of carbonyl (C=O) groups excluding carboxylic acids is 1. The van der Waals surface area contributed by atoms with Gasteiger partial charge in [-0.3, -0.25) is 9.69 Å². The molecule has 0 radical (unpaired) electrons. The van der Waals surface area contributed by atoms with Crippen LogP contribution in [0.1, 0.15) is 44.2 Å². The van der Waals surface area contributed by atoms with Crippen molar-refractivity contribution in [1.29, 1.82) is 0 Å². The number of unbranched alkanes of at least 4 members (excludes halogenated alkanes) is 2. The molecule has 1 heterocycles. The lowest BCUT2D eigenvalue weighted by Crippen LogP contribution is -2.29. The maximum Gasteiger partial charge on any atom is 0.284 e. The molecule has 3 rings (SSSR count). The van der Waals surface area contributed by atoms with E-state index >= 15 is 0 Å². The van der Waals surface area contributed by atoms with Crippen molar-refractivity contribution in [2.24, 2.45) is 4.40 Å². The Morgan fingerprint density at radius 2 is 1.83 bits per heavy atom. The van der Waals surface area contributed by atoms with Gasteiger partial charge in [-0.25, -0.2) is 0 Å². The van der Waals surface area contributed by atoms with Crippen molar-refractivity contribution < 1.29 is 22.7 Å². The molecule has 7 nitrogen and oxygen atoms in total.